The van der Waals surface area contributed by atoms with E-state index in [0.29, 0.717) is 11.9 Å². The molecule has 1 unspecified atom stereocenters. The van der Waals surface area contributed by atoms with Crippen molar-refractivity contribution in [3.05, 3.63) is 0 Å². The van der Waals surface area contributed by atoms with Crippen LogP contribution in [0.25, 0.3) is 0 Å². The van der Waals surface area contributed by atoms with Crippen molar-refractivity contribution in [2.75, 3.05) is 30.0 Å². The lowest BCUT2D eigenvalue weighted by atomic mass is 9.99. The monoisotopic (exact) mass is 240 g/mol. The van der Waals surface area contributed by atoms with E-state index >= 15 is 0 Å². The third-order valence-corrected chi connectivity index (χ3v) is 2.52. The Bertz CT molecular complexity index is 390. The summed E-state index contributed by atoms with van der Waals surface area (Å²) in [6.07, 6.45) is -0.553. The Kier molecular flexibility index (Phi) is 3.72. The van der Waals surface area contributed by atoms with Gasteiger partial charge in [-0.05, 0) is 20.8 Å². The third kappa shape index (κ3) is 3.42. The molecule has 1 rings (SSSR count). The first-order chi connectivity index (χ1) is 7.72. The highest BCUT2D eigenvalue weighted by Gasteiger charge is 2.25. The summed E-state index contributed by atoms with van der Waals surface area (Å²) >= 11 is 0. The molecule has 1 aromatic heterocycles. The van der Waals surface area contributed by atoms with Crippen LogP contribution in [-0.2, 0) is 0 Å². The molecule has 0 amide bonds. The van der Waals surface area contributed by atoms with Crippen LogP contribution in [0.4, 0.5) is 17.8 Å². The van der Waals surface area contributed by atoms with Crippen molar-refractivity contribution in [2.45, 2.75) is 32.4 Å². The third-order valence-electron chi connectivity index (χ3n) is 2.52. The van der Waals surface area contributed by atoms with E-state index in [-0.39, 0.29) is 5.95 Å². The molecular weight excluding hydrogens is 220 g/mol. The summed E-state index contributed by atoms with van der Waals surface area (Å²) in [5, 5.41) is 12.6. The largest absolute Gasteiger partial charge is 0.391 e. The van der Waals surface area contributed by atoms with Crippen molar-refractivity contribution < 1.29 is 5.11 Å². The number of nitrogen functional groups attached to an aromatic ring is 1. The molecule has 4 N–H and O–H groups in total. The van der Waals surface area contributed by atoms with E-state index in [0.717, 1.165) is 0 Å². The predicted molar refractivity (Wildman–Crippen MR) is 67.9 cm³/mol. The maximum atomic E-state index is 9.61. The maximum Gasteiger partial charge on any atom is 0.231 e. The molecule has 0 aliphatic heterocycles. The molecule has 0 spiro atoms. The second kappa shape index (κ2) is 4.70. The first-order valence-electron chi connectivity index (χ1n) is 5.37. The number of nitrogens with zero attached hydrogens (tertiary/aromatic N) is 4. The van der Waals surface area contributed by atoms with E-state index in [2.05, 4.69) is 20.3 Å². The minimum atomic E-state index is -0.553. The minimum absolute atomic E-state index is 0.146. The topological polar surface area (TPSA) is 100 Å². The summed E-state index contributed by atoms with van der Waals surface area (Å²) < 4.78 is 0. The highest BCUT2D eigenvalue weighted by Crippen LogP contribution is 2.17. The number of aromatic nitrogens is 3. The van der Waals surface area contributed by atoms with Gasteiger partial charge in [-0.2, -0.15) is 15.0 Å². The lowest BCUT2D eigenvalue weighted by Gasteiger charge is -2.29. The van der Waals surface area contributed by atoms with Crippen LogP contribution in [0.3, 0.4) is 0 Å². The van der Waals surface area contributed by atoms with Crippen LogP contribution < -0.4 is 16.0 Å². The summed E-state index contributed by atoms with van der Waals surface area (Å²) in [5.41, 5.74) is 5.06. The number of nitrogens with one attached hydrogen (secondary N) is 1. The van der Waals surface area contributed by atoms with E-state index in [1.54, 1.807) is 11.8 Å². The fraction of sp³-hybridized carbons (Fsp3) is 0.700. The number of aliphatic hydroxyl groups is 1. The molecule has 0 aliphatic rings. The molecule has 1 atom stereocenters. The Morgan fingerprint density at radius 1 is 1.29 bits per heavy atom. The number of anilines is 3. The summed E-state index contributed by atoms with van der Waals surface area (Å²) in [7, 11) is 3.64. The van der Waals surface area contributed by atoms with E-state index in [1.807, 2.05) is 27.9 Å². The quantitative estimate of drug-likeness (QED) is 0.685. The van der Waals surface area contributed by atoms with Gasteiger partial charge in [0.15, 0.2) is 0 Å². The molecule has 1 aromatic rings. The van der Waals surface area contributed by atoms with Gasteiger partial charge in [0, 0.05) is 14.1 Å². The summed E-state index contributed by atoms with van der Waals surface area (Å²) in [4.78, 5) is 13.9. The van der Waals surface area contributed by atoms with Gasteiger partial charge in [0.1, 0.15) is 0 Å². The maximum absolute atomic E-state index is 9.61. The van der Waals surface area contributed by atoms with E-state index < -0.39 is 11.6 Å². The number of hydrogen-bond acceptors (Lipinski definition) is 7. The molecule has 17 heavy (non-hydrogen) atoms. The molecule has 0 bridgehead atoms. The molecule has 7 heteroatoms. The van der Waals surface area contributed by atoms with Gasteiger partial charge in [0.2, 0.25) is 17.8 Å². The molecule has 0 saturated carbocycles. The first kappa shape index (κ1) is 13.4. The molecule has 1 heterocycles. The smallest absolute Gasteiger partial charge is 0.231 e. The van der Waals surface area contributed by atoms with Crippen LogP contribution in [0.15, 0.2) is 0 Å². The molecular formula is C10H20N6O. The lowest BCUT2D eigenvalue weighted by Crippen LogP contribution is -2.42. The number of rotatable bonds is 4. The zero-order chi connectivity index (χ0) is 13.2. The standard InChI is InChI=1S/C10H20N6O/c1-6(17)10(2,3)15-8-12-7(11)13-9(14-8)16(4)5/h6,17H,1-5H3,(H3,11,12,13,14,15). The zero-order valence-corrected chi connectivity index (χ0v) is 10.9. The number of nitrogens with two attached hydrogens (primary N) is 1. The molecule has 7 nitrogen and oxygen atoms in total. The van der Waals surface area contributed by atoms with E-state index in [9.17, 15) is 5.11 Å². The van der Waals surface area contributed by atoms with Crippen molar-refractivity contribution in [1.82, 2.24) is 15.0 Å². The second-order valence-electron chi connectivity index (χ2n) is 4.73. The minimum Gasteiger partial charge on any atom is -0.391 e. The number of hydrogen-bond donors (Lipinski definition) is 3. The van der Waals surface area contributed by atoms with Crippen LogP contribution in [0.5, 0.6) is 0 Å². The fourth-order valence-electron chi connectivity index (χ4n) is 1.03. The van der Waals surface area contributed by atoms with Crippen molar-refractivity contribution in [3.63, 3.8) is 0 Å². The van der Waals surface area contributed by atoms with Gasteiger partial charge in [-0.1, -0.05) is 0 Å². The summed E-state index contributed by atoms with van der Waals surface area (Å²) in [5.74, 6) is 0.973. The van der Waals surface area contributed by atoms with Crippen LogP contribution in [0.1, 0.15) is 20.8 Å². The van der Waals surface area contributed by atoms with Crippen molar-refractivity contribution in [3.8, 4) is 0 Å². The van der Waals surface area contributed by atoms with Gasteiger partial charge >= 0.3 is 0 Å². The first-order valence-corrected chi connectivity index (χ1v) is 5.37. The lowest BCUT2D eigenvalue weighted by molar-refractivity contribution is 0.132. The zero-order valence-electron chi connectivity index (χ0n) is 10.9. The van der Waals surface area contributed by atoms with Gasteiger partial charge in [-0.15, -0.1) is 0 Å². The predicted octanol–water partition coefficient (Wildman–Crippen LogP) is 0.0911. The molecule has 96 valence electrons. The van der Waals surface area contributed by atoms with Crippen LogP contribution in [0.2, 0.25) is 0 Å². The van der Waals surface area contributed by atoms with Crippen molar-refractivity contribution in [2.24, 2.45) is 0 Å². The highest BCUT2D eigenvalue weighted by atomic mass is 16.3. The van der Waals surface area contributed by atoms with Gasteiger partial charge in [0.25, 0.3) is 0 Å². The van der Waals surface area contributed by atoms with Crippen LogP contribution in [-0.4, -0.2) is 45.8 Å². The van der Waals surface area contributed by atoms with Crippen LogP contribution in [0, 0.1) is 0 Å². The van der Waals surface area contributed by atoms with Crippen molar-refractivity contribution in [1.29, 1.82) is 0 Å². The Balaban J connectivity index is 2.99. The average molecular weight is 240 g/mol. The Morgan fingerprint density at radius 3 is 2.35 bits per heavy atom. The SMILES string of the molecule is CC(O)C(C)(C)Nc1nc(N)nc(N(C)C)n1. The van der Waals surface area contributed by atoms with E-state index in [4.69, 9.17) is 5.73 Å². The summed E-state index contributed by atoms with van der Waals surface area (Å²) in [6, 6.07) is 0. The van der Waals surface area contributed by atoms with Gasteiger partial charge in [-0.3, -0.25) is 0 Å². The Morgan fingerprint density at radius 2 is 1.88 bits per heavy atom. The second-order valence-corrected chi connectivity index (χ2v) is 4.73. The summed E-state index contributed by atoms with van der Waals surface area (Å²) in [6.45, 7) is 5.41. The molecule has 0 aromatic carbocycles. The Labute approximate surface area is 101 Å². The number of aliphatic hydroxyl groups excluding tert-OH is 1. The molecule has 0 radical (unpaired) electrons. The molecule has 0 aliphatic carbocycles. The van der Waals surface area contributed by atoms with Gasteiger partial charge in [-0.25, -0.2) is 0 Å². The van der Waals surface area contributed by atoms with Crippen LogP contribution >= 0.6 is 0 Å². The molecule has 0 saturated heterocycles. The van der Waals surface area contributed by atoms with E-state index in [1.165, 1.54) is 0 Å². The molecule has 0 fully saturated rings. The Hall–Kier alpha value is -1.63. The van der Waals surface area contributed by atoms with Crippen molar-refractivity contribution >= 4 is 17.8 Å². The average Bonchev–Trinajstić information content (AvgIpc) is 2.15. The highest BCUT2D eigenvalue weighted by molar-refractivity contribution is 5.42. The van der Waals surface area contributed by atoms with Gasteiger partial charge in [0.05, 0.1) is 11.6 Å². The van der Waals surface area contributed by atoms with Gasteiger partial charge < -0.3 is 21.1 Å². The normalized spacial score (nSPS) is 13.3. The fourth-order valence-corrected chi connectivity index (χ4v) is 1.03.